The van der Waals surface area contributed by atoms with Crippen LogP contribution in [0.3, 0.4) is 0 Å². The summed E-state index contributed by atoms with van der Waals surface area (Å²) in [4.78, 5) is 0. The zero-order chi connectivity index (χ0) is 10.9. The molecule has 0 aromatic heterocycles. The molecule has 0 spiro atoms. The van der Waals surface area contributed by atoms with Crippen molar-refractivity contribution in [1.82, 2.24) is 0 Å². The van der Waals surface area contributed by atoms with Crippen LogP contribution in [0, 0.1) is 0 Å². The van der Waals surface area contributed by atoms with E-state index in [-0.39, 0.29) is 23.2 Å². The van der Waals surface area contributed by atoms with Gasteiger partial charge in [0.25, 0.3) is 0 Å². The van der Waals surface area contributed by atoms with Crippen molar-refractivity contribution in [2.45, 2.75) is 13.0 Å². The molecule has 0 saturated heterocycles. The predicted octanol–water partition coefficient (Wildman–Crippen LogP) is 4.28. The van der Waals surface area contributed by atoms with E-state index in [4.69, 9.17) is 4.74 Å². The molecular formula is C13H15FeIO-6. The van der Waals surface area contributed by atoms with Crippen LogP contribution in [0.25, 0.3) is 0 Å². The Kier molecular flexibility index (Phi) is 10.0. The zero-order valence-corrected chi connectivity index (χ0v) is 12.4. The van der Waals surface area contributed by atoms with Crippen LogP contribution in [0.15, 0.2) is 54.6 Å². The Labute approximate surface area is 122 Å². The number of hydrogen-bond donors (Lipinski definition) is 0. The number of halogens is 1. The number of alkyl halides is 1. The van der Waals surface area contributed by atoms with Gasteiger partial charge in [-0.25, -0.2) is 12.1 Å². The van der Waals surface area contributed by atoms with E-state index < -0.39 is 0 Å². The topological polar surface area (TPSA) is 9.23 Å². The standard InChI is InChI=1S/C8H10IO.C5H5.Fe/c1-7(10-6-9)8-4-2-3-5-8;1-2-4-5-3-1;/h2-5,7H,6H2,1H3;1-5H;/q-1;-5;. The SMILES string of the molecule is CC(OCI)[c-]1cccc1.[Fe].[cH-]1[cH-][cH-][cH-][cH-]1. The number of hydrogen-bond acceptors (Lipinski definition) is 1. The van der Waals surface area contributed by atoms with E-state index in [1.54, 1.807) is 0 Å². The summed E-state index contributed by atoms with van der Waals surface area (Å²) in [5.74, 6) is 0. The van der Waals surface area contributed by atoms with Crippen molar-refractivity contribution in [2.24, 2.45) is 0 Å². The van der Waals surface area contributed by atoms with E-state index in [0.29, 0.717) is 0 Å². The fraction of sp³-hybridized carbons (Fsp3) is 0.231. The van der Waals surface area contributed by atoms with Crippen LogP contribution in [0.5, 0.6) is 0 Å². The van der Waals surface area contributed by atoms with Crippen molar-refractivity contribution >= 4 is 22.6 Å². The Morgan fingerprint density at radius 2 is 1.56 bits per heavy atom. The van der Waals surface area contributed by atoms with Crippen molar-refractivity contribution in [3.8, 4) is 0 Å². The van der Waals surface area contributed by atoms with Gasteiger partial charge in [0, 0.05) is 23.2 Å². The average Bonchev–Trinajstić information content (AvgIpc) is 2.95. The minimum absolute atomic E-state index is 0. The summed E-state index contributed by atoms with van der Waals surface area (Å²) in [5.41, 5.74) is 1.26. The van der Waals surface area contributed by atoms with Crippen molar-refractivity contribution in [1.29, 1.82) is 0 Å². The molecule has 1 unspecified atom stereocenters. The van der Waals surface area contributed by atoms with Crippen LogP contribution >= 0.6 is 22.6 Å². The molecule has 0 bridgehead atoms. The van der Waals surface area contributed by atoms with Crippen molar-refractivity contribution < 1.29 is 21.8 Å². The molecule has 0 aliphatic rings. The first-order valence-electron chi connectivity index (χ1n) is 4.90. The molecule has 0 N–H and O–H groups in total. The minimum atomic E-state index is 0. The molecule has 0 heterocycles. The molecule has 16 heavy (non-hydrogen) atoms. The Bertz CT molecular complexity index is 298. The molecule has 2 aromatic carbocycles. The summed E-state index contributed by atoms with van der Waals surface area (Å²) in [5, 5.41) is 0. The molecule has 0 radical (unpaired) electrons. The Balaban J connectivity index is 0.000000318. The van der Waals surface area contributed by atoms with Gasteiger partial charge in [0.1, 0.15) is 0 Å². The van der Waals surface area contributed by atoms with E-state index >= 15 is 0 Å². The summed E-state index contributed by atoms with van der Waals surface area (Å²) in [6.45, 7) is 2.06. The third-order valence-corrected chi connectivity index (χ3v) is 2.39. The van der Waals surface area contributed by atoms with Crippen LogP contribution in [-0.4, -0.2) is 4.61 Å². The normalized spacial score (nSPS) is 10.9. The maximum Gasteiger partial charge on any atom is 0.0973 e. The molecule has 0 aliphatic carbocycles. The molecular weight excluding hydrogens is 355 g/mol. The second kappa shape index (κ2) is 10.1. The van der Waals surface area contributed by atoms with Gasteiger partial charge in [-0.3, -0.25) is 0 Å². The van der Waals surface area contributed by atoms with Crippen molar-refractivity contribution in [3.63, 3.8) is 0 Å². The number of rotatable bonds is 3. The monoisotopic (exact) mass is 370 g/mol. The third-order valence-electron chi connectivity index (χ3n) is 2.03. The Morgan fingerprint density at radius 1 is 1.12 bits per heavy atom. The number of ether oxygens (including phenoxy) is 1. The fourth-order valence-electron chi connectivity index (χ4n) is 1.17. The van der Waals surface area contributed by atoms with Crippen LogP contribution < -0.4 is 0 Å². The van der Waals surface area contributed by atoms with Gasteiger partial charge >= 0.3 is 0 Å². The van der Waals surface area contributed by atoms with Gasteiger partial charge in [0.2, 0.25) is 0 Å². The van der Waals surface area contributed by atoms with E-state index in [0.717, 1.165) is 4.61 Å². The molecule has 0 saturated carbocycles. The average molecular weight is 370 g/mol. The molecule has 2 rings (SSSR count). The molecule has 94 valence electrons. The largest absolute Gasteiger partial charge is 0.748 e. The van der Waals surface area contributed by atoms with Crippen LogP contribution in [0.4, 0.5) is 0 Å². The Hall–Kier alpha value is -0.0905. The van der Waals surface area contributed by atoms with Crippen LogP contribution in [-0.2, 0) is 21.8 Å². The molecule has 0 amide bonds. The molecule has 2 aromatic rings. The first-order valence-corrected chi connectivity index (χ1v) is 6.43. The summed E-state index contributed by atoms with van der Waals surface area (Å²) in [7, 11) is 0. The van der Waals surface area contributed by atoms with Crippen LogP contribution in [0.2, 0.25) is 0 Å². The molecule has 0 fully saturated rings. The fourth-order valence-corrected chi connectivity index (χ4v) is 1.71. The zero-order valence-electron chi connectivity index (χ0n) is 9.12. The quantitative estimate of drug-likeness (QED) is 0.339. The van der Waals surface area contributed by atoms with Crippen molar-refractivity contribution in [2.75, 3.05) is 4.61 Å². The van der Waals surface area contributed by atoms with Gasteiger partial charge in [-0.1, -0.05) is 22.6 Å². The van der Waals surface area contributed by atoms with Gasteiger partial charge in [0.15, 0.2) is 0 Å². The van der Waals surface area contributed by atoms with E-state index in [1.807, 2.05) is 42.5 Å². The third kappa shape index (κ3) is 6.48. The second-order valence-corrected chi connectivity index (χ2v) is 3.72. The molecule has 0 aliphatic heterocycles. The van der Waals surface area contributed by atoms with Gasteiger partial charge in [0.05, 0.1) is 4.61 Å². The van der Waals surface area contributed by atoms with E-state index in [1.165, 1.54) is 5.56 Å². The van der Waals surface area contributed by atoms with Gasteiger partial charge < -0.3 is 35.1 Å². The summed E-state index contributed by atoms with van der Waals surface area (Å²) < 4.78 is 6.13. The van der Waals surface area contributed by atoms with E-state index in [2.05, 4.69) is 41.6 Å². The van der Waals surface area contributed by atoms with E-state index in [9.17, 15) is 0 Å². The second-order valence-electron chi connectivity index (χ2n) is 3.10. The first-order chi connectivity index (χ1) is 7.34. The summed E-state index contributed by atoms with van der Waals surface area (Å²) in [6.07, 6.45) is 0.242. The van der Waals surface area contributed by atoms with Crippen molar-refractivity contribution in [3.05, 3.63) is 60.2 Å². The summed E-state index contributed by atoms with van der Waals surface area (Å²) in [6, 6.07) is 18.2. The summed E-state index contributed by atoms with van der Waals surface area (Å²) >= 11 is 2.21. The maximum absolute atomic E-state index is 5.37. The van der Waals surface area contributed by atoms with Crippen LogP contribution in [0.1, 0.15) is 18.6 Å². The maximum atomic E-state index is 5.37. The smallest absolute Gasteiger partial charge is 0.0973 e. The predicted molar refractivity (Wildman–Crippen MR) is 72.5 cm³/mol. The van der Waals surface area contributed by atoms with Gasteiger partial charge in [-0.2, -0.15) is 12.1 Å². The molecule has 1 nitrogen and oxygen atoms in total. The minimum Gasteiger partial charge on any atom is -0.748 e. The Morgan fingerprint density at radius 3 is 1.94 bits per heavy atom. The first kappa shape index (κ1) is 15.9. The molecule has 1 atom stereocenters. The van der Waals surface area contributed by atoms with Gasteiger partial charge in [-0.05, 0) is 6.92 Å². The molecule has 3 heteroatoms. The van der Waals surface area contributed by atoms with Gasteiger partial charge in [-0.15, -0.1) is 5.56 Å².